The molecule has 0 saturated heterocycles. The Hall–Kier alpha value is -1.09. The van der Waals surface area contributed by atoms with E-state index in [9.17, 15) is 4.79 Å². The molecule has 0 N–H and O–H groups in total. The van der Waals surface area contributed by atoms with Crippen molar-refractivity contribution in [3.63, 3.8) is 0 Å². The predicted octanol–water partition coefficient (Wildman–Crippen LogP) is 3.03. The van der Waals surface area contributed by atoms with Crippen LogP contribution in [-0.4, -0.2) is 37.1 Å². The van der Waals surface area contributed by atoms with Crippen molar-refractivity contribution >= 4 is 5.97 Å². The van der Waals surface area contributed by atoms with Crippen molar-refractivity contribution in [2.75, 3.05) is 26.2 Å². The maximum absolute atomic E-state index is 12.2. The van der Waals surface area contributed by atoms with E-state index in [2.05, 4.69) is 37.5 Å². The van der Waals surface area contributed by atoms with Gasteiger partial charge in [-0.3, -0.25) is 4.79 Å². The minimum absolute atomic E-state index is 0.0482. The lowest BCUT2D eigenvalue weighted by Gasteiger charge is -2.21. The Labute approximate surface area is 117 Å². The van der Waals surface area contributed by atoms with E-state index >= 15 is 0 Å². The zero-order valence-electron chi connectivity index (χ0n) is 12.3. The Morgan fingerprint density at radius 2 is 2.26 bits per heavy atom. The van der Waals surface area contributed by atoms with Crippen molar-refractivity contribution in [1.82, 2.24) is 4.90 Å². The zero-order valence-corrected chi connectivity index (χ0v) is 12.3. The van der Waals surface area contributed by atoms with Gasteiger partial charge in [0.15, 0.2) is 0 Å². The van der Waals surface area contributed by atoms with Crippen LogP contribution in [0.1, 0.15) is 33.1 Å². The third-order valence-electron chi connectivity index (χ3n) is 3.84. The number of esters is 1. The summed E-state index contributed by atoms with van der Waals surface area (Å²) in [5.74, 6) is 0.218. The summed E-state index contributed by atoms with van der Waals surface area (Å²) < 4.78 is 5.44. The molecule has 2 atom stereocenters. The molecule has 0 radical (unpaired) electrons. The summed E-state index contributed by atoms with van der Waals surface area (Å²) in [5, 5.41) is 0. The van der Waals surface area contributed by atoms with Crippen molar-refractivity contribution in [3.05, 3.63) is 24.8 Å². The average Bonchev–Trinajstić information content (AvgIpc) is 2.94. The van der Waals surface area contributed by atoms with Gasteiger partial charge in [0.05, 0.1) is 5.92 Å². The average molecular weight is 265 g/mol. The Morgan fingerprint density at radius 1 is 1.53 bits per heavy atom. The fourth-order valence-electron chi connectivity index (χ4n) is 2.54. The van der Waals surface area contributed by atoms with Crippen molar-refractivity contribution in [3.8, 4) is 0 Å². The molecular formula is C16H27NO2. The number of ether oxygens (including phenoxy) is 1. The third-order valence-corrected chi connectivity index (χ3v) is 3.84. The molecule has 0 saturated carbocycles. The second kappa shape index (κ2) is 8.92. The molecule has 0 aliphatic heterocycles. The van der Waals surface area contributed by atoms with Crippen LogP contribution in [0.15, 0.2) is 24.8 Å². The molecule has 3 heteroatoms. The molecule has 0 aromatic carbocycles. The Kier molecular flexibility index (Phi) is 7.49. The lowest BCUT2D eigenvalue weighted by Crippen LogP contribution is -2.30. The van der Waals surface area contributed by atoms with E-state index < -0.39 is 0 Å². The van der Waals surface area contributed by atoms with Crippen LogP contribution in [0.2, 0.25) is 0 Å². The van der Waals surface area contributed by atoms with Gasteiger partial charge in [-0.15, -0.1) is 6.58 Å². The molecule has 0 aromatic rings. The normalized spacial score (nSPS) is 19.6. The van der Waals surface area contributed by atoms with Crippen LogP contribution in [0.3, 0.4) is 0 Å². The quantitative estimate of drug-likeness (QED) is 0.474. The van der Waals surface area contributed by atoms with Gasteiger partial charge < -0.3 is 9.64 Å². The van der Waals surface area contributed by atoms with Crippen molar-refractivity contribution in [2.45, 2.75) is 33.1 Å². The summed E-state index contributed by atoms with van der Waals surface area (Å²) in [5.41, 5.74) is 0. The van der Waals surface area contributed by atoms with Gasteiger partial charge in [0.1, 0.15) is 6.61 Å². The summed E-state index contributed by atoms with van der Waals surface area (Å²) >= 11 is 0. The van der Waals surface area contributed by atoms with Crippen molar-refractivity contribution < 1.29 is 9.53 Å². The van der Waals surface area contributed by atoms with Gasteiger partial charge in [-0.25, -0.2) is 0 Å². The molecule has 0 amide bonds. The van der Waals surface area contributed by atoms with Crippen LogP contribution in [0.4, 0.5) is 0 Å². The van der Waals surface area contributed by atoms with E-state index in [-0.39, 0.29) is 11.9 Å². The molecule has 0 bridgehead atoms. The first-order valence-electron chi connectivity index (χ1n) is 7.39. The Morgan fingerprint density at radius 3 is 2.79 bits per heavy atom. The van der Waals surface area contributed by atoms with Gasteiger partial charge in [-0.05, 0) is 38.3 Å². The monoisotopic (exact) mass is 265 g/mol. The summed E-state index contributed by atoms with van der Waals surface area (Å²) in [6.07, 6.45) is 8.97. The summed E-state index contributed by atoms with van der Waals surface area (Å²) in [6, 6.07) is 0. The minimum Gasteiger partial charge on any atom is -0.464 e. The van der Waals surface area contributed by atoms with Crippen molar-refractivity contribution in [1.29, 1.82) is 0 Å². The summed E-state index contributed by atoms with van der Waals surface area (Å²) in [6.45, 7) is 11.3. The Bertz CT molecular complexity index is 308. The van der Waals surface area contributed by atoms with E-state index in [1.54, 1.807) is 0 Å². The highest BCUT2D eigenvalue weighted by molar-refractivity contribution is 5.73. The van der Waals surface area contributed by atoms with Crippen LogP contribution >= 0.6 is 0 Å². The highest BCUT2D eigenvalue weighted by Gasteiger charge is 2.28. The number of rotatable bonds is 9. The van der Waals surface area contributed by atoms with E-state index in [1.165, 1.54) is 0 Å². The van der Waals surface area contributed by atoms with E-state index in [0.29, 0.717) is 18.9 Å². The van der Waals surface area contributed by atoms with Gasteiger partial charge >= 0.3 is 5.97 Å². The largest absolute Gasteiger partial charge is 0.464 e. The van der Waals surface area contributed by atoms with Crippen LogP contribution in [0.25, 0.3) is 0 Å². The van der Waals surface area contributed by atoms with Crippen LogP contribution < -0.4 is 0 Å². The molecule has 0 spiro atoms. The standard InChI is InChI=1S/C16H27NO2/c1-4-9-15(14-10-7-8-11-14)16(18)19-13-12-17(5-2)6-3/h4,7,10,14-15H,1,5-6,8-9,11-13H2,2-3H3. The maximum Gasteiger partial charge on any atom is 0.309 e. The Balaban J connectivity index is 2.39. The fraction of sp³-hybridized carbons (Fsp3) is 0.688. The smallest absolute Gasteiger partial charge is 0.309 e. The second-order valence-corrected chi connectivity index (χ2v) is 4.99. The molecule has 1 aliphatic carbocycles. The van der Waals surface area contributed by atoms with E-state index in [4.69, 9.17) is 4.74 Å². The molecular weight excluding hydrogens is 238 g/mol. The lowest BCUT2D eigenvalue weighted by atomic mass is 9.89. The number of likely N-dealkylation sites (N-methyl/N-ethyl adjacent to an activating group) is 1. The number of allylic oxidation sites excluding steroid dienone is 3. The minimum atomic E-state index is -0.0661. The molecule has 19 heavy (non-hydrogen) atoms. The molecule has 1 rings (SSSR count). The molecule has 0 fully saturated rings. The van der Waals surface area contributed by atoms with Crippen LogP contribution in [0.5, 0.6) is 0 Å². The molecule has 0 aromatic heterocycles. The second-order valence-electron chi connectivity index (χ2n) is 4.99. The fourth-order valence-corrected chi connectivity index (χ4v) is 2.54. The first kappa shape index (κ1) is 16.0. The SMILES string of the molecule is C=CCC(C(=O)OCCN(CC)CC)C1C=CCC1. The topological polar surface area (TPSA) is 29.5 Å². The molecule has 3 nitrogen and oxygen atoms in total. The van der Waals surface area contributed by atoms with Gasteiger partial charge in [0, 0.05) is 6.54 Å². The van der Waals surface area contributed by atoms with E-state index in [0.717, 1.165) is 32.5 Å². The summed E-state index contributed by atoms with van der Waals surface area (Å²) in [7, 11) is 0. The van der Waals surface area contributed by atoms with Crippen LogP contribution in [-0.2, 0) is 9.53 Å². The number of hydrogen-bond acceptors (Lipinski definition) is 3. The number of nitrogens with zero attached hydrogens (tertiary/aromatic N) is 1. The van der Waals surface area contributed by atoms with Gasteiger partial charge in [-0.2, -0.15) is 0 Å². The first-order valence-corrected chi connectivity index (χ1v) is 7.39. The molecule has 2 unspecified atom stereocenters. The van der Waals surface area contributed by atoms with Gasteiger partial charge in [0.2, 0.25) is 0 Å². The first-order chi connectivity index (χ1) is 9.22. The van der Waals surface area contributed by atoms with Crippen LogP contribution in [0, 0.1) is 11.8 Å². The van der Waals surface area contributed by atoms with Gasteiger partial charge in [0.25, 0.3) is 0 Å². The highest BCUT2D eigenvalue weighted by Crippen LogP contribution is 2.28. The highest BCUT2D eigenvalue weighted by atomic mass is 16.5. The van der Waals surface area contributed by atoms with Crippen molar-refractivity contribution in [2.24, 2.45) is 11.8 Å². The zero-order chi connectivity index (χ0) is 14.1. The third kappa shape index (κ3) is 5.19. The molecule has 1 aliphatic rings. The number of carbonyl (C=O) groups is 1. The number of carbonyl (C=O) groups excluding carboxylic acids is 1. The number of hydrogen-bond donors (Lipinski definition) is 0. The van der Waals surface area contributed by atoms with Gasteiger partial charge in [-0.1, -0.05) is 32.1 Å². The lowest BCUT2D eigenvalue weighted by molar-refractivity contribution is -0.150. The maximum atomic E-state index is 12.2. The summed E-state index contributed by atoms with van der Waals surface area (Å²) in [4.78, 5) is 14.4. The molecule has 108 valence electrons. The molecule has 0 heterocycles. The predicted molar refractivity (Wildman–Crippen MR) is 78.9 cm³/mol. The van der Waals surface area contributed by atoms with E-state index in [1.807, 2.05) is 6.08 Å².